The van der Waals surface area contributed by atoms with Crippen molar-refractivity contribution in [2.75, 3.05) is 6.61 Å². The summed E-state index contributed by atoms with van der Waals surface area (Å²) in [5.41, 5.74) is 0.245. The largest absolute Gasteiger partial charge is 0.510 e. The standard InChI is InChI=1S/C14H13N5O3/c1-2-22-14(21)11(9-15)12(20)8-13-16-17-18-19(13)10-6-4-3-5-7-10/h3-7,20H,2,8H2,1H3/b12-11+. The second-order valence-corrected chi connectivity index (χ2v) is 4.17. The molecular formula is C14H13N5O3. The highest BCUT2D eigenvalue weighted by atomic mass is 16.5. The van der Waals surface area contributed by atoms with E-state index in [0.29, 0.717) is 11.5 Å². The Morgan fingerprint density at radius 2 is 2.14 bits per heavy atom. The molecule has 0 radical (unpaired) electrons. The molecule has 0 amide bonds. The van der Waals surface area contributed by atoms with E-state index in [9.17, 15) is 9.90 Å². The minimum atomic E-state index is -0.874. The lowest BCUT2D eigenvalue weighted by Gasteiger charge is -2.05. The summed E-state index contributed by atoms with van der Waals surface area (Å²) in [5.74, 6) is -1.02. The van der Waals surface area contributed by atoms with Crippen LogP contribution in [0.5, 0.6) is 0 Å². The van der Waals surface area contributed by atoms with Gasteiger partial charge in [0.1, 0.15) is 11.8 Å². The Hall–Kier alpha value is -3.21. The van der Waals surface area contributed by atoms with E-state index in [4.69, 9.17) is 10.00 Å². The summed E-state index contributed by atoms with van der Waals surface area (Å²) in [4.78, 5) is 11.6. The predicted octanol–water partition coefficient (Wildman–Crippen LogP) is 1.10. The van der Waals surface area contributed by atoms with Gasteiger partial charge in [0.05, 0.1) is 18.7 Å². The van der Waals surface area contributed by atoms with Crippen LogP contribution in [0, 0.1) is 11.3 Å². The maximum absolute atomic E-state index is 11.6. The van der Waals surface area contributed by atoms with Crippen LogP contribution in [0.3, 0.4) is 0 Å². The minimum absolute atomic E-state index is 0.110. The third-order valence-corrected chi connectivity index (χ3v) is 2.74. The topological polar surface area (TPSA) is 114 Å². The van der Waals surface area contributed by atoms with E-state index >= 15 is 0 Å². The molecule has 0 aliphatic rings. The average Bonchev–Trinajstić information content (AvgIpc) is 2.97. The van der Waals surface area contributed by atoms with Gasteiger partial charge in [-0.1, -0.05) is 18.2 Å². The molecule has 0 aliphatic heterocycles. The number of nitriles is 1. The lowest BCUT2D eigenvalue weighted by atomic mass is 10.2. The van der Waals surface area contributed by atoms with Crippen LogP contribution in [0.4, 0.5) is 0 Å². The van der Waals surface area contributed by atoms with Crippen molar-refractivity contribution in [1.29, 1.82) is 5.26 Å². The number of aliphatic hydroxyl groups excluding tert-OH is 1. The molecule has 0 unspecified atom stereocenters. The van der Waals surface area contributed by atoms with Crippen LogP contribution in [0.2, 0.25) is 0 Å². The average molecular weight is 299 g/mol. The zero-order valence-corrected chi connectivity index (χ0v) is 11.8. The van der Waals surface area contributed by atoms with Gasteiger partial charge in [-0.2, -0.15) is 9.94 Å². The molecule has 1 aromatic heterocycles. The molecule has 8 nitrogen and oxygen atoms in total. The van der Waals surface area contributed by atoms with Crippen molar-refractivity contribution in [3.8, 4) is 11.8 Å². The highest BCUT2D eigenvalue weighted by Crippen LogP contribution is 2.12. The zero-order chi connectivity index (χ0) is 15.9. The molecular weight excluding hydrogens is 286 g/mol. The first-order valence-corrected chi connectivity index (χ1v) is 6.49. The molecule has 1 aromatic carbocycles. The Balaban J connectivity index is 2.30. The zero-order valence-electron chi connectivity index (χ0n) is 11.8. The second kappa shape index (κ2) is 6.99. The molecule has 1 heterocycles. The number of tetrazole rings is 1. The second-order valence-electron chi connectivity index (χ2n) is 4.17. The third kappa shape index (κ3) is 3.27. The number of hydrogen-bond donors (Lipinski definition) is 1. The molecule has 1 N–H and O–H groups in total. The van der Waals surface area contributed by atoms with E-state index in [0.717, 1.165) is 0 Å². The molecule has 0 atom stereocenters. The van der Waals surface area contributed by atoms with Crippen molar-refractivity contribution in [1.82, 2.24) is 20.2 Å². The van der Waals surface area contributed by atoms with Crippen LogP contribution in [-0.4, -0.2) is 37.9 Å². The van der Waals surface area contributed by atoms with Gasteiger partial charge < -0.3 is 9.84 Å². The summed E-state index contributed by atoms with van der Waals surface area (Å²) >= 11 is 0. The summed E-state index contributed by atoms with van der Waals surface area (Å²) in [5, 5.41) is 30.2. The van der Waals surface area contributed by atoms with Gasteiger partial charge in [0.2, 0.25) is 0 Å². The number of carbonyl (C=O) groups is 1. The summed E-state index contributed by atoms with van der Waals surface area (Å²) in [6.07, 6.45) is -0.163. The van der Waals surface area contributed by atoms with Gasteiger partial charge in [-0.3, -0.25) is 0 Å². The Kier molecular flexibility index (Phi) is 4.82. The SMILES string of the molecule is CCOC(=O)/C(C#N)=C(/O)Cc1nnnn1-c1ccccc1. The first kappa shape index (κ1) is 15.2. The molecule has 0 spiro atoms. The number of benzene rings is 1. The molecule has 2 aromatic rings. The minimum Gasteiger partial charge on any atom is -0.510 e. The van der Waals surface area contributed by atoms with Crippen molar-refractivity contribution >= 4 is 5.97 Å². The molecule has 2 rings (SSSR count). The van der Waals surface area contributed by atoms with E-state index in [1.807, 2.05) is 18.2 Å². The summed E-state index contributed by atoms with van der Waals surface area (Å²) in [7, 11) is 0. The van der Waals surface area contributed by atoms with Gasteiger partial charge in [-0.25, -0.2) is 4.79 Å². The van der Waals surface area contributed by atoms with E-state index in [-0.39, 0.29) is 13.0 Å². The summed E-state index contributed by atoms with van der Waals surface area (Å²) in [6, 6.07) is 10.7. The van der Waals surface area contributed by atoms with E-state index in [1.54, 1.807) is 25.1 Å². The Labute approximate surface area is 126 Å². The van der Waals surface area contributed by atoms with Gasteiger partial charge >= 0.3 is 5.97 Å². The number of rotatable bonds is 5. The number of nitrogens with zero attached hydrogens (tertiary/aromatic N) is 5. The Morgan fingerprint density at radius 1 is 1.41 bits per heavy atom. The lowest BCUT2D eigenvalue weighted by molar-refractivity contribution is -0.138. The molecule has 0 saturated heterocycles. The number of para-hydroxylation sites is 1. The molecule has 112 valence electrons. The molecule has 22 heavy (non-hydrogen) atoms. The number of ether oxygens (including phenoxy) is 1. The highest BCUT2D eigenvalue weighted by Gasteiger charge is 2.19. The third-order valence-electron chi connectivity index (χ3n) is 2.74. The Bertz CT molecular complexity index is 730. The number of aliphatic hydroxyl groups is 1. The van der Waals surface area contributed by atoms with Crippen molar-refractivity contribution in [2.45, 2.75) is 13.3 Å². The van der Waals surface area contributed by atoms with E-state index in [2.05, 4.69) is 15.5 Å². The van der Waals surface area contributed by atoms with Crippen molar-refractivity contribution in [3.05, 3.63) is 47.5 Å². The van der Waals surface area contributed by atoms with Gasteiger partial charge in [0.15, 0.2) is 11.4 Å². The van der Waals surface area contributed by atoms with Gasteiger partial charge in [0.25, 0.3) is 0 Å². The highest BCUT2D eigenvalue weighted by molar-refractivity contribution is 5.93. The lowest BCUT2D eigenvalue weighted by Crippen LogP contribution is -2.12. The normalized spacial score (nSPS) is 11.5. The summed E-state index contributed by atoms with van der Waals surface area (Å²) in [6.45, 7) is 1.72. The van der Waals surface area contributed by atoms with E-state index in [1.165, 1.54) is 4.68 Å². The molecule has 0 saturated carbocycles. The fourth-order valence-corrected chi connectivity index (χ4v) is 1.76. The van der Waals surface area contributed by atoms with Crippen molar-refractivity contribution in [3.63, 3.8) is 0 Å². The van der Waals surface area contributed by atoms with Gasteiger partial charge in [-0.15, -0.1) is 5.10 Å². The monoisotopic (exact) mass is 299 g/mol. The molecule has 0 bridgehead atoms. The number of aromatic nitrogens is 4. The number of esters is 1. The number of carbonyl (C=O) groups excluding carboxylic acids is 1. The fourth-order valence-electron chi connectivity index (χ4n) is 1.76. The van der Waals surface area contributed by atoms with Crippen molar-refractivity contribution in [2.24, 2.45) is 0 Å². The maximum atomic E-state index is 11.6. The maximum Gasteiger partial charge on any atom is 0.352 e. The predicted molar refractivity (Wildman–Crippen MR) is 74.8 cm³/mol. The molecule has 0 aliphatic carbocycles. The van der Waals surface area contributed by atoms with E-state index < -0.39 is 17.3 Å². The van der Waals surface area contributed by atoms with Gasteiger partial charge in [0, 0.05) is 0 Å². The molecule has 8 heteroatoms. The Morgan fingerprint density at radius 3 is 2.77 bits per heavy atom. The first-order chi connectivity index (χ1) is 10.7. The van der Waals surface area contributed by atoms with Crippen LogP contribution in [0.25, 0.3) is 5.69 Å². The first-order valence-electron chi connectivity index (χ1n) is 6.49. The molecule has 0 fully saturated rings. The summed E-state index contributed by atoms with van der Waals surface area (Å²) < 4.78 is 6.13. The fraction of sp³-hybridized carbons (Fsp3) is 0.214. The number of hydrogen-bond acceptors (Lipinski definition) is 7. The van der Waals surface area contributed by atoms with Crippen LogP contribution in [-0.2, 0) is 16.0 Å². The van der Waals surface area contributed by atoms with Crippen molar-refractivity contribution < 1.29 is 14.6 Å². The van der Waals surface area contributed by atoms with Gasteiger partial charge in [-0.05, 0) is 29.5 Å². The smallest absolute Gasteiger partial charge is 0.352 e. The quantitative estimate of drug-likeness (QED) is 0.380. The van der Waals surface area contributed by atoms with Crippen LogP contribution in [0.1, 0.15) is 12.7 Å². The number of allylic oxidation sites excluding steroid dienone is 1. The van der Waals surface area contributed by atoms with Crippen LogP contribution < -0.4 is 0 Å². The van der Waals surface area contributed by atoms with Crippen LogP contribution in [0.15, 0.2) is 41.7 Å². The van der Waals surface area contributed by atoms with Crippen LogP contribution >= 0.6 is 0 Å².